The Kier molecular flexibility index (Phi) is 2.45. The first-order valence-corrected chi connectivity index (χ1v) is 6.82. The predicted octanol–water partition coefficient (Wildman–Crippen LogP) is 3.72. The van der Waals surface area contributed by atoms with Crippen molar-refractivity contribution in [3.8, 4) is 10.6 Å². The van der Waals surface area contributed by atoms with Crippen molar-refractivity contribution < 1.29 is 0 Å². The van der Waals surface area contributed by atoms with Crippen molar-refractivity contribution in [1.29, 1.82) is 0 Å². The number of nitrogens with zero attached hydrogens (tertiary/aromatic N) is 2. The fraction of sp³-hybridized carbons (Fsp3) is 0.0833. The Bertz CT molecular complexity index is 699. The Morgan fingerprint density at radius 3 is 2.82 bits per heavy atom. The Hall–Kier alpha value is -1.33. The van der Waals surface area contributed by atoms with E-state index in [9.17, 15) is 0 Å². The third kappa shape index (κ3) is 1.57. The molecule has 0 atom stereocenters. The van der Waals surface area contributed by atoms with Gasteiger partial charge in [0.15, 0.2) is 0 Å². The number of aromatic nitrogens is 2. The molecule has 0 saturated heterocycles. The number of rotatable bonds is 1. The van der Waals surface area contributed by atoms with E-state index in [1.54, 1.807) is 11.3 Å². The van der Waals surface area contributed by atoms with E-state index in [0.29, 0.717) is 5.82 Å². The van der Waals surface area contributed by atoms with Crippen molar-refractivity contribution in [1.82, 2.24) is 9.38 Å². The molecule has 3 aromatic heterocycles. The van der Waals surface area contributed by atoms with Crippen molar-refractivity contribution in [3.05, 3.63) is 39.8 Å². The summed E-state index contributed by atoms with van der Waals surface area (Å²) in [6.07, 6.45) is 0. The summed E-state index contributed by atoms with van der Waals surface area (Å²) in [5.41, 5.74) is 9.01. The van der Waals surface area contributed by atoms with Gasteiger partial charge in [0.1, 0.15) is 17.2 Å². The van der Waals surface area contributed by atoms with Gasteiger partial charge in [-0.3, -0.25) is 4.40 Å². The summed E-state index contributed by atoms with van der Waals surface area (Å²) < 4.78 is 3.01. The number of pyridine rings is 1. The van der Waals surface area contributed by atoms with Gasteiger partial charge in [0, 0.05) is 10.2 Å². The second-order valence-electron chi connectivity index (χ2n) is 3.80. The molecular weight excluding hydrogens is 298 g/mol. The van der Waals surface area contributed by atoms with Gasteiger partial charge >= 0.3 is 0 Å². The molecule has 0 fully saturated rings. The molecule has 0 aliphatic carbocycles. The monoisotopic (exact) mass is 307 g/mol. The van der Waals surface area contributed by atoms with Crippen molar-refractivity contribution in [2.24, 2.45) is 0 Å². The zero-order valence-corrected chi connectivity index (χ0v) is 11.5. The minimum atomic E-state index is 0.696. The molecule has 0 saturated carbocycles. The van der Waals surface area contributed by atoms with Crippen LogP contribution in [0, 0.1) is 6.92 Å². The summed E-state index contributed by atoms with van der Waals surface area (Å²) in [6.45, 7) is 2.03. The maximum atomic E-state index is 6.19. The van der Waals surface area contributed by atoms with E-state index in [4.69, 9.17) is 5.73 Å². The molecule has 0 spiro atoms. The molecule has 0 amide bonds. The first kappa shape index (κ1) is 10.8. The molecule has 3 rings (SSSR count). The van der Waals surface area contributed by atoms with E-state index in [-0.39, 0.29) is 0 Å². The topological polar surface area (TPSA) is 43.3 Å². The maximum absolute atomic E-state index is 6.19. The van der Waals surface area contributed by atoms with Crippen molar-refractivity contribution >= 4 is 38.7 Å². The average Bonchev–Trinajstić information content (AvgIpc) is 2.84. The van der Waals surface area contributed by atoms with Crippen molar-refractivity contribution in [2.45, 2.75) is 6.92 Å². The molecule has 0 aliphatic rings. The van der Waals surface area contributed by atoms with Crippen LogP contribution in [-0.2, 0) is 0 Å². The lowest BCUT2D eigenvalue weighted by Crippen LogP contribution is -1.96. The standard InChI is InChI=1S/C12H10BrN3S/c1-7-3-2-4-9-15-10(12(14)16(7)9)11-8(13)5-6-17-11/h2-6H,14H2,1H3. The number of hydrogen-bond donors (Lipinski definition) is 1. The second-order valence-corrected chi connectivity index (χ2v) is 5.57. The van der Waals surface area contributed by atoms with Crippen LogP contribution in [0.1, 0.15) is 5.69 Å². The number of anilines is 1. The summed E-state index contributed by atoms with van der Waals surface area (Å²) in [5.74, 6) is 0.696. The number of thiophene rings is 1. The number of aryl methyl sites for hydroxylation is 1. The SMILES string of the molecule is Cc1cccc2nc(-c3sccc3Br)c(N)n12. The van der Waals surface area contributed by atoms with E-state index in [0.717, 1.165) is 26.4 Å². The fourth-order valence-corrected chi connectivity index (χ4v) is 3.47. The highest BCUT2D eigenvalue weighted by Gasteiger charge is 2.15. The molecule has 3 nitrogen and oxygen atoms in total. The summed E-state index contributed by atoms with van der Waals surface area (Å²) in [7, 11) is 0. The van der Waals surface area contributed by atoms with E-state index >= 15 is 0 Å². The molecule has 86 valence electrons. The highest BCUT2D eigenvalue weighted by atomic mass is 79.9. The lowest BCUT2D eigenvalue weighted by molar-refractivity contribution is 1.10. The van der Waals surface area contributed by atoms with Crippen LogP contribution in [0.15, 0.2) is 34.1 Å². The average molecular weight is 308 g/mol. The number of fused-ring (bicyclic) bond motifs is 1. The first-order chi connectivity index (χ1) is 8.18. The van der Waals surface area contributed by atoms with Crippen LogP contribution in [0.5, 0.6) is 0 Å². The van der Waals surface area contributed by atoms with Gasteiger partial charge in [-0.25, -0.2) is 4.98 Å². The minimum Gasteiger partial charge on any atom is -0.383 e. The molecule has 0 aromatic carbocycles. The summed E-state index contributed by atoms with van der Waals surface area (Å²) in [4.78, 5) is 5.67. The molecular formula is C12H10BrN3S. The molecule has 17 heavy (non-hydrogen) atoms. The van der Waals surface area contributed by atoms with E-state index < -0.39 is 0 Å². The second kappa shape index (κ2) is 3.85. The van der Waals surface area contributed by atoms with Crippen LogP contribution in [-0.4, -0.2) is 9.38 Å². The third-order valence-corrected chi connectivity index (χ3v) is 4.55. The van der Waals surface area contributed by atoms with Gasteiger partial charge in [-0.15, -0.1) is 11.3 Å². The van der Waals surface area contributed by atoms with E-state index in [1.807, 2.05) is 41.0 Å². The minimum absolute atomic E-state index is 0.696. The molecule has 0 bridgehead atoms. The van der Waals surface area contributed by atoms with Gasteiger partial charge in [-0.05, 0) is 46.4 Å². The van der Waals surface area contributed by atoms with Gasteiger partial charge in [0.25, 0.3) is 0 Å². The quantitative estimate of drug-likeness (QED) is 0.744. The number of nitrogens with two attached hydrogens (primary N) is 1. The Morgan fingerprint density at radius 2 is 2.18 bits per heavy atom. The van der Waals surface area contributed by atoms with Crippen LogP contribution in [0.4, 0.5) is 5.82 Å². The summed E-state index contributed by atoms with van der Waals surface area (Å²) >= 11 is 5.15. The maximum Gasteiger partial charge on any atom is 0.139 e. The van der Waals surface area contributed by atoms with E-state index in [2.05, 4.69) is 20.9 Å². The van der Waals surface area contributed by atoms with Gasteiger partial charge in [0.05, 0.1) is 4.88 Å². The van der Waals surface area contributed by atoms with Crippen LogP contribution in [0.2, 0.25) is 0 Å². The number of hydrogen-bond acceptors (Lipinski definition) is 3. The number of nitrogen functional groups attached to an aromatic ring is 1. The highest BCUT2D eigenvalue weighted by Crippen LogP contribution is 2.36. The summed E-state index contributed by atoms with van der Waals surface area (Å²) in [6, 6.07) is 7.99. The Morgan fingerprint density at radius 1 is 1.35 bits per heavy atom. The fourth-order valence-electron chi connectivity index (χ4n) is 1.91. The molecule has 3 aromatic rings. The summed E-state index contributed by atoms with van der Waals surface area (Å²) in [5, 5.41) is 2.02. The molecule has 0 aliphatic heterocycles. The number of halogens is 1. The van der Waals surface area contributed by atoms with Crippen LogP contribution < -0.4 is 5.73 Å². The zero-order chi connectivity index (χ0) is 12.0. The van der Waals surface area contributed by atoms with Crippen LogP contribution in [0.3, 0.4) is 0 Å². The predicted molar refractivity (Wildman–Crippen MR) is 75.4 cm³/mol. The third-order valence-electron chi connectivity index (χ3n) is 2.71. The highest BCUT2D eigenvalue weighted by molar-refractivity contribution is 9.10. The number of imidazole rings is 1. The molecule has 0 unspecified atom stereocenters. The van der Waals surface area contributed by atoms with Gasteiger partial charge < -0.3 is 5.73 Å². The van der Waals surface area contributed by atoms with Crippen molar-refractivity contribution in [3.63, 3.8) is 0 Å². The normalized spacial score (nSPS) is 11.2. The van der Waals surface area contributed by atoms with Crippen LogP contribution >= 0.6 is 27.3 Å². The van der Waals surface area contributed by atoms with Crippen LogP contribution in [0.25, 0.3) is 16.2 Å². The Labute approximate surface area is 111 Å². The lowest BCUT2D eigenvalue weighted by atomic mass is 10.3. The smallest absolute Gasteiger partial charge is 0.139 e. The van der Waals surface area contributed by atoms with Gasteiger partial charge in [-0.2, -0.15) is 0 Å². The molecule has 2 N–H and O–H groups in total. The first-order valence-electron chi connectivity index (χ1n) is 5.15. The van der Waals surface area contributed by atoms with Gasteiger partial charge in [0.2, 0.25) is 0 Å². The van der Waals surface area contributed by atoms with Crippen molar-refractivity contribution in [2.75, 3.05) is 5.73 Å². The zero-order valence-electron chi connectivity index (χ0n) is 9.14. The van der Waals surface area contributed by atoms with Gasteiger partial charge in [-0.1, -0.05) is 6.07 Å². The molecule has 0 radical (unpaired) electrons. The molecule has 3 heterocycles. The lowest BCUT2D eigenvalue weighted by Gasteiger charge is -2.01. The Balaban J connectivity index is 2.36. The molecule has 5 heteroatoms. The largest absolute Gasteiger partial charge is 0.383 e. The van der Waals surface area contributed by atoms with E-state index in [1.165, 1.54) is 0 Å².